The van der Waals surface area contributed by atoms with Crippen molar-refractivity contribution >= 4 is 23.5 Å². The molecular formula is C18H27N7O2. The Hall–Kier alpha value is -2.71. The standard InChI is InChI=1S/C18H27N7O2/c1-11-5-4-8-24(10-11)16(27)6-7-20-15(26)9-14-12(2)21-18-22-17(19)23-25(18)13(14)3/h11H,4-10H2,1-3H3,(H2,19,23)(H,20,26). The topological polar surface area (TPSA) is 119 Å². The van der Waals surface area contributed by atoms with E-state index in [1.165, 1.54) is 6.42 Å². The number of hydrogen-bond donors (Lipinski definition) is 2. The molecule has 3 rings (SSSR count). The van der Waals surface area contributed by atoms with Gasteiger partial charge in [-0.15, -0.1) is 5.10 Å². The zero-order valence-electron chi connectivity index (χ0n) is 16.2. The van der Waals surface area contributed by atoms with Gasteiger partial charge < -0.3 is 16.0 Å². The van der Waals surface area contributed by atoms with E-state index in [2.05, 4.69) is 27.3 Å². The number of nitrogen functional groups attached to an aromatic ring is 1. The lowest BCUT2D eigenvalue weighted by molar-refractivity contribution is -0.132. The number of aryl methyl sites for hydroxylation is 2. The molecule has 0 aliphatic carbocycles. The maximum atomic E-state index is 12.3. The normalized spacial score (nSPS) is 17.3. The summed E-state index contributed by atoms with van der Waals surface area (Å²) in [5.74, 6) is 1.09. The van der Waals surface area contributed by atoms with Crippen molar-refractivity contribution in [3.05, 3.63) is 17.0 Å². The molecule has 0 bridgehead atoms. The number of nitrogens with zero attached hydrogens (tertiary/aromatic N) is 5. The van der Waals surface area contributed by atoms with Crippen LogP contribution in [0.1, 0.15) is 43.1 Å². The molecule has 2 amide bonds. The molecule has 0 radical (unpaired) electrons. The van der Waals surface area contributed by atoms with Crippen LogP contribution in [0.2, 0.25) is 0 Å². The van der Waals surface area contributed by atoms with Crippen molar-refractivity contribution < 1.29 is 9.59 Å². The Balaban J connectivity index is 1.55. The van der Waals surface area contributed by atoms with Crippen LogP contribution in [0.15, 0.2) is 0 Å². The number of hydrogen-bond acceptors (Lipinski definition) is 6. The Kier molecular flexibility index (Phi) is 5.57. The van der Waals surface area contributed by atoms with Crippen LogP contribution in [-0.2, 0) is 16.0 Å². The molecule has 9 heteroatoms. The zero-order chi connectivity index (χ0) is 19.6. The molecule has 1 unspecified atom stereocenters. The molecule has 0 saturated carbocycles. The number of fused-ring (bicyclic) bond motifs is 1. The van der Waals surface area contributed by atoms with E-state index in [4.69, 9.17) is 5.73 Å². The zero-order valence-corrected chi connectivity index (χ0v) is 16.2. The molecular weight excluding hydrogens is 346 g/mol. The number of nitrogens with two attached hydrogens (primary N) is 1. The Morgan fingerprint density at radius 2 is 2.07 bits per heavy atom. The van der Waals surface area contributed by atoms with Crippen molar-refractivity contribution in [1.82, 2.24) is 29.8 Å². The molecule has 146 valence electrons. The minimum Gasteiger partial charge on any atom is -0.366 e. The third-order valence-corrected chi connectivity index (χ3v) is 5.07. The minimum atomic E-state index is -0.143. The lowest BCUT2D eigenvalue weighted by atomic mass is 10.00. The molecule has 3 heterocycles. The molecule has 9 nitrogen and oxygen atoms in total. The fourth-order valence-electron chi connectivity index (χ4n) is 3.59. The van der Waals surface area contributed by atoms with Crippen molar-refractivity contribution in [3.8, 4) is 0 Å². The summed E-state index contributed by atoms with van der Waals surface area (Å²) in [6.45, 7) is 7.84. The number of rotatable bonds is 5. The van der Waals surface area contributed by atoms with Crippen LogP contribution in [0.4, 0.5) is 5.95 Å². The fourth-order valence-corrected chi connectivity index (χ4v) is 3.59. The molecule has 0 spiro atoms. The second kappa shape index (κ2) is 7.89. The number of aromatic nitrogens is 4. The molecule has 1 aliphatic heterocycles. The minimum absolute atomic E-state index is 0.107. The Morgan fingerprint density at radius 1 is 1.30 bits per heavy atom. The lowest BCUT2D eigenvalue weighted by Gasteiger charge is -2.31. The smallest absolute Gasteiger partial charge is 0.254 e. The van der Waals surface area contributed by atoms with Crippen molar-refractivity contribution in [2.45, 2.75) is 46.5 Å². The maximum absolute atomic E-state index is 12.3. The average molecular weight is 373 g/mol. The van der Waals surface area contributed by atoms with Crippen LogP contribution >= 0.6 is 0 Å². The van der Waals surface area contributed by atoms with Crippen LogP contribution in [0, 0.1) is 19.8 Å². The quantitative estimate of drug-likeness (QED) is 0.793. The number of likely N-dealkylation sites (tertiary alicyclic amines) is 1. The van der Waals surface area contributed by atoms with E-state index in [0.717, 1.165) is 36.5 Å². The van der Waals surface area contributed by atoms with E-state index in [1.54, 1.807) is 4.52 Å². The Bertz CT molecular complexity index is 861. The highest BCUT2D eigenvalue weighted by Crippen LogP contribution is 2.16. The van der Waals surface area contributed by atoms with Gasteiger partial charge in [-0.25, -0.2) is 4.98 Å². The van der Waals surface area contributed by atoms with E-state index < -0.39 is 0 Å². The number of nitrogens with one attached hydrogen (secondary N) is 1. The number of carbonyl (C=O) groups excluding carboxylic acids is 2. The van der Waals surface area contributed by atoms with Gasteiger partial charge in [0.15, 0.2) is 0 Å². The van der Waals surface area contributed by atoms with E-state index in [-0.39, 0.29) is 24.2 Å². The van der Waals surface area contributed by atoms with Gasteiger partial charge in [-0.1, -0.05) is 6.92 Å². The Morgan fingerprint density at radius 3 is 2.81 bits per heavy atom. The van der Waals surface area contributed by atoms with Gasteiger partial charge in [0.25, 0.3) is 5.78 Å². The van der Waals surface area contributed by atoms with E-state index >= 15 is 0 Å². The van der Waals surface area contributed by atoms with Crippen LogP contribution < -0.4 is 11.1 Å². The lowest BCUT2D eigenvalue weighted by Crippen LogP contribution is -2.40. The molecule has 1 atom stereocenters. The second-order valence-corrected chi connectivity index (χ2v) is 7.31. The van der Waals surface area contributed by atoms with Crippen molar-refractivity contribution in [1.29, 1.82) is 0 Å². The molecule has 1 fully saturated rings. The third kappa shape index (κ3) is 4.35. The number of carbonyl (C=O) groups is 2. The van der Waals surface area contributed by atoms with Crippen molar-refractivity contribution in [3.63, 3.8) is 0 Å². The summed E-state index contributed by atoms with van der Waals surface area (Å²) in [6.07, 6.45) is 2.73. The summed E-state index contributed by atoms with van der Waals surface area (Å²) in [4.78, 5) is 34.9. The number of amides is 2. The monoisotopic (exact) mass is 373 g/mol. The Labute approximate surface area is 158 Å². The molecule has 0 aromatic carbocycles. The average Bonchev–Trinajstić information content (AvgIpc) is 2.99. The maximum Gasteiger partial charge on any atom is 0.254 e. The molecule has 2 aromatic heterocycles. The van der Waals surface area contributed by atoms with Gasteiger partial charge in [-0.2, -0.15) is 9.50 Å². The van der Waals surface area contributed by atoms with E-state index in [9.17, 15) is 9.59 Å². The van der Waals surface area contributed by atoms with Gasteiger partial charge in [-0.3, -0.25) is 9.59 Å². The summed E-state index contributed by atoms with van der Waals surface area (Å²) in [6, 6.07) is 0. The largest absolute Gasteiger partial charge is 0.366 e. The summed E-state index contributed by atoms with van der Waals surface area (Å²) in [7, 11) is 0. The third-order valence-electron chi connectivity index (χ3n) is 5.07. The fraction of sp³-hybridized carbons (Fsp3) is 0.611. The first-order valence-electron chi connectivity index (χ1n) is 9.38. The molecule has 27 heavy (non-hydrogen) atoms. The van der Waals surface area contributed by atoms with E-state index in [0.29, 0.717) is 24.7 Å². The molecule has 2 aromatic rings. The van der Waals surface area contributed by atoms with E-state index in [1.807, 2.05) is 18.7 Å². The van der Waals surface area contributed by atoms with Crippen molar-refractivity contribution in [2.75, 3.05) is 25.4 Å². The van der Waals surface area contributed by atoms with Crippen LogP contribution in [-0.4, -0.2) is 55.9 Å². The second-order valence-electron chi connectivity index (χ2n) is 7.31. The summed E-state index contributed by atoms with van der Waals surface area (Å²) in [5.41, 5.74) is 7.93. The molecule has 1 saturated heterocycles. The van der Waals surface area contributed by atoms with Crippen LogP contribution in [0.25, 0.3) is 5.78 Å². The highest BCUT2D eigenvalue weighted by molar-refractivity contribution is 5.81. The predicted octanol–water partition coefficient (Wildman–Crippen LogP) is 0.631. The number of anilines is 1. The first-order valence-corrected chi connectivity index (χ1v) is 9.38. The summed E-state index contributed by atoms with van der Waals surface area (Å²) < 4.78 is 1.55. The van der Waals surface area contributed by atoms with Gasteiger partial charge in [0.05, 0.1) is 6.42 Å². The van der Waals surface area contributed by atoms with Gasteiger partial charge in [-0.05, 0) is 32.6 Å². The molecule has 3 N–H and O–H groups in total. The highest BCUT2D eigenvalue weighted by Gasteiger charge is 2.21. The van der Waals surface area contributed by atoms with Gasteiger partial charge in [0.2, 0.25) is 17.8 Å². The predicted molar refractivity (Wildman–Crippen MR) is 101 cm³/mol. The molecule has 1 aliphatic rings. The van der Waals surface area contributed by atoms with Crippen LogP contribution in [0.5, 0.6) is 0 Å². The van der Waals surface area contributed by atoms with Gasteiger partial charge >= 0.3 is 0 Å². The first kappa shape index (κ1) is 19.1. The SMILES string of the molecule is Cc1nc2nc(N)nn2c(C)c1CC(=O)NCCC(=O)N1CCCC(C)C1. The van der Waals surface area contributed by atoms with Gasteiger partial charge in [0, 0.05) is 43.0 Å². The van der Waals surface area contributed by atoms with Gasteiger partial charge in [0.1, 0.15) is 0 Å². The van der Waals surface area contributed by atoms with Crippen LogP contribution in [0.3, 0.4) is 0 Å². The number of piperidine rings is 1. The highest BCUT2D eigenvalue weighted by atomic mass is 16.2. The summed E-state index contributed by atoms with van der Waals surface area (Å²) >= 11 is 0. The van der Waals surface area contributed by atoms with Crippen molar-refractivity contribution in [2.24, 2.45) is 5.92 Å². The first-order chi connectivity index (χ1) is 12.8. The summed E-state index contributed by atoms with van der Waals surface area (Å²) in [5, 5.41) is 6.94.